The Kier molecular flexibility index (Phi) is 4.75. The number of aromatic nitrogens is 1. The average molecular weight is 316 g/mol. The van der Waals surface area contributed by atoms with E-state index in [1.54, 1.807) is 19.1 Å². The van der Waals surface area contributed by atoms with Crippen LogP contribution < -0.4 is 15.4 Å². The zero-order valence-corrected chi connectivity index (χ0v) is 12.7. The van der Waals surface area contributed by atoms with E-state index in [1.807, 2.05) is 24.3 Å². The number of para-hydroxylation sites is 1. The largest absolute Gasteiger partial charge is 0.496 e. The predicted molar refractivity (Wildman–Crippen MR) is 84.5 cm³/mol. The van der Waals surface area contributed by atoms with Crippen LogP contribution >= 0.6 is 0 Å². The quantitative estimate of drug-likeness (QED) is 0.641. The number of methoxy groups -OCH3 is 1. The zero-order chi connectivity index (χ0) is 17.0. The van der Waals surface area contributed by atoms with Gasteiger partial charge in [-0.1, -0.05) is 18.2 Å². The summed E-state index contributed by atoms with van der Waals surface area (Å²) in [5.74, 6) is 0.193. The van der Waals surface area contributed by atoms with E-state index in [0.717, 1.165) is 17.8 Å². The summed E-state index contributed by atoms with van der Waals surface area (Å²) in [6.07, 6.45) is 1.10. The van der Waals surface area contributed by atoms with Crippen LogP contribution in [-0.2, 0) is 6.54 Å². The molecule has 0 bridgehead atoms. The molecule has 0 spiro atoms. The van der Waals surface area contributed by atoms with Gasteiger partial charge in [0.25, 0.3) is 11.6 Å². The van der Waals surface area contributed by atoms with Crippen molar-refractivity contribution in [3.05, 3.63) is 57.8 Å². The highest BCUT2D eigenvalue weighted by molar-refractivity contribution is 5.98. The molecule has 1 amide bonds. The Balaban J connectivity index is 2.37. The summed E-state index contributed by atoms with van der Waals surface area (Å²) in [7, 11) is 3.28. The fourth-order valence-corrected chi connectivity index (χ4v) is 2.20. The van der Waals surface area contributed by atoms with Gasteiger partial charge in [0, 0.05) is 25.2 Å². The number of amides is 1. The van der Waals surface area contributed by atoms with E-state index in [0.29, 0.717) is 12.3 Å². The molecule has 0 unspecified atom stereocenters. The van der Waals surface area contributed by atoms with Gasteiger partial charge >= 0.3 is 0 Å². The molecule has 2 aromatic rings. The van der Waals surface area contributed by atoms with Crippen molar-refractivity contribution in [2.75, 3.05) is 19.1 Å². The number of pyridine rings is 1. The van der Waals surface area contributed by atoms with Gasteiger partial charge in [0.05, 0.1) is 17.6 Å². The predicted octanol–water partition coefficient (Wildman–Crippen LogP) is 1.73. The number of rotatable bonds is 6. The fourth-order valence-electron chi connectivity index (χ4n) is 2.20. The van der Waals surface area contributed by atoms with Crippen LogP contribution in [0.5, 0.6) is 5.75 Å². The highest BCUT2D eigenvalue weighted by atomic mass is 16.6. The van der Waals surface area contributed by atoms with Crippen molar-refractivity contribution >= 4 is 17.4 Å². The number of ether oxygens (including phenoxy) is 1. The Labute approximate surface area is 132 Å². The molecule has 0 saturated heterocycles. The first kappa shape index (κ1) is 16.2. The van der Waals surface area contributed by atoms with Crippen LogP contribution in [0.15, 0.2) is 36.5 Å². The van der Waals surface area contributed by atoms with Crippen molar-refractivity contribution in [2.24, 2.45) is 5.73 Å². The third-order valence-corrected chi connectivity index (χ3v) is 3.29. The number of hydrogen-bond donors (Lipinski definition) is 1. The Hall–Kier alpha value is -3.16. The number of anilines is 1. The lowest BCUT2D eigenvalue weighted by atomic mass is 10.1. The van der Waals surface area contributed by atoms with Crippen molar-refractivity contribution in [1.29, 1.82) is 0 Å². The lowest BCUT2D eigenvalue weighted by Gasteiger charge is -2.21. The summed E-state index contributed by atoms with van der Waals surface area (Å²) in [5.41, 5.74) is 5.91. The molecule has 0 aliphatic carbocycles. The van der Waals surface area contributed by atoms with Crippen molar-refractivity contribution in [3.63, 3.8) is 0 Å². The summed E-state index contributed by atoms with van der Waals surface area (Å²) in [5, 5.41) is 10.8. The highest BCUT2D eigenvalue weighted by Crippen LogP contribution is 2.25. The molecule has 2 rings (SSSR count). The monoisotopic (exact) mass is 316 g/mol. The lowest BCUT2D eigenvalue weighted by molar-refractivity contribution is -0.385. The first-order valence-corrected chi connectivity index (χ1v) is 6.71. The van der Waals surface area contributed by atoms with E-state index in [2.05, 4.69) is 4.98 Å². The maximum Gasteiger partial charge on any atom is 0.288 e. The molecule has 8 heteroatoms. The fraction of sp³-hybridized carbons (Fsp3) is 0.200. The molecule has 1 heterocycles. The second kappa shape index (κ2) is 6.73. The summed E-state index contributed by atoms with van der Waals surface area (Å²) < 4.78 is 5.28. The molecule has 0 aliphatic rings. The number of carbonyl (C=O) groups is 1. The molecule has 2 N–H and O–H groups in total. The minimum Gasteiger partial charge on any atom is -0.496 e. The van der Waals surface area contributed by atoms with E-state index in [1.165, 1.54) is 0 Å². The number of nitrogens with zero attached hydrogens (tertiary/aromatic N) is 3. The highest BCUT2D eigenvalue weighted by Gasteiger charge is 2.19. The van der Waals surface area contributed by atoms with Crippen LogP contribution in [0, 0.1) is 10.1 Å². The Morgan fingerprint density at radius 2 is 2.13 bits per heavy atom. The van der Waals surface area contributed by atoms with Gasteiger partial charge in [-0.2, -0.15) is 0 Å². The number of benzene rings is 1. The molecule has 0 atom stereocenters. The van der Waals surface area contributed by atoms with Gasteiger partial charge in [0.1, 0.15) is 17.8 Å². The SMILES string of the molecule is COc1ccccc1CN(C)c1ncc([N+](=O)[O-])cc1C(N)=O. The molecule has 1 aromatic heterocycles. The maximum absolute atomic E-state index is 11.6. The normalized spacial score (nSPS) is 10.2. The maximum atomic E-state index is 11.6. The molecule has 0 saturated carbocycles. The Bertz CT molecular complexity index is 748. The van der Waals surface area contributed by atoms with Crippen molar-refractivity contribution in [2.45, 2.75) is 6.54 Å². The summed E-state index contributed by atoms with van der Waals surface area (Å²) in [6, 6.07) is 8.54. The first-order valence-electron chi connectivity index (χ1n) is 6.71. The summed E-state index contributed by atoms with van der Waals surface area (Å²) in [4.78, 5) is 27.5. The minimum atomic E-state index is -0.775. The van der Waals surface area contributed by atoms with Gasteiger partial charge in [-0.3, -0.25) is 14.9 Å². The van der Waals surface area contributed by atoms with Crippen molar-refractivity contribution in [1.82, 2.24) is 4.98 Å². The number of nitro groups is 1. The Morgan fingerprint density at radius 1 is 1.43 bits per heavy atom. The molecule has 23 heavy (non-hydrogen) atoms. The molecule has 1 aromatic carbocycles. The van der Waals surface area contributed by atoms with Gasteiger partial charge in [0.15, 0.2) is 0 Å². The third kappa shape index (κ3) is 3.54. The number of carbonyl (C=O) groups excluding carboxylic acids is 1. The standard InChI is InChI=1S/C15H16N4O4/c1-18(9-10-5-3-4-6-13(10)23-2)15-12(14(16)20)7-11(8-17-15)19(21)22/h3-8H,9H2,1-2H3,(H2,16,20). The van der Waals surface area contributed by atoms with Crippen LogP contribution in [0.2, 0.25) is 0 Å². The topological polar surface area (TPSA) is 112 Å². The van der Waals surface area contributed by atoms with E-state index < -0.39 is 10.8 Å². The Morgan fingerprint density at radius 3 is 2.74 bits per heavy atom. The van der Waals surface area contributed by atoms with E-state index in [4.69, 9.17) is 10.5 Å². The van der Waals surface area contributed by atoms with Gasteiger partial charge in [-0.15, -0.1) is 0 Å². The van der Waals surface area contributed by atoms with Gasteiger partial charge in [-0.25, -0.2) is 4.98 Å². The molecule has 0 aliphatic heterocycles. The van der Waals surface area contributed by atoms with Crippen LogP contribution in [0.1, 0.15) is 15.9 Å². The molecule has 0 radical (unpaired) electrons. The molecular weight excluding hydrogens is 300 g/mol. The molecule has 120 valence electrons. The molecule has 0 fully saturated rings. The third-order valence-electron chi connectivity index (χ3n) is 3.29. The van der Waals surface area contributed by atoms with E-state index >= 15 is 0 Å². The van der Waals surface area contributed by atoms with Gasteiger partial charge in [0.2, 0.25) is 0 Å². The zero-order valence-electron chi connectivity index (χ0n) is 12.7. The summed E-state index contributed by atoms with van der Waals surface area (Å²) >= 11 is 0. The molecule has 8 nitrogen and oxygen atoms in total. The number of nitrogens with two attached hydrogens (primary N) is 1. The van der Waals surface area contributed by atoms with Crippen LogP contribution in [0.3, 0.4) is 0 Å². The van der Waals surface area contributed by atoms with Crippen LogP contribution in [-0.4, -0.2) is 30.0 Å². The van der Waals surface area contributed by atoms with E-state index in [-0.39, 0.29) is 17.1 Å². The lowest BCUT2D eigenvalue weighted by Crippen LogP contribution is -2.23. The smallest absolute Gasteiger partial charge is 0.288 e. The second-order valence-electron chi connectivity index (χ2n) is 4.85. The minimum absolute atomic E-state index is 0.00315. The first-order chi connectivity index (χ1) is 10.9. The number of primary amides is 1. The van der Waals surface area contributed by atoms with Crippen LogP contribution in [0.4, 0.5) is 11.5 Å². The number of hydrogen-bond acceptors (Lipinski definition) is 6. The van der Waals surface area contributed by atoms with Crippen LogP contribution in [0.25, 0.3) is 0 Å². The van der Waals surface area contributed by atoms with E-state index in [9.17, 15) is 14.9 Å². The van der Waals surface area contributed by atoms with Gasteiger partial charge < -0.3 is 15.4 Å². The average Bonchev–Trinajstić information content (AvgIpc) is 2.54. The second-order valence-corrected chi connectivity index (χ2v) is 4.85. The van der Waals surface area contributed by atoms with Crippen molar-refractivity contribution in [3.8, 4) is 5.75 Å². The van der Waals surface area contributed by atoms with Gasteiger partial charge in [-0.05, 0) is 6.07 Å². The summed E-state index contributed by atoms with van der Waals surface area (Å²) in [6.45, 7) is 0.398. The van der Waals surface area contributed by atoms with Crippen molar-refractivity contribution < 1.29 is 14.5 Å². The molecular formula is C15H16N4O4.